The van der Waals surface area contributed by atoms with E-state index in [2.05, 4.69) is 5.32 Å². The van der Waals surface area contributed by atoms with Crippen molar-refractivity contribution in [2.24, 2.45) is 0 Å². The number of nitrogens with one attached hydrogen (secondary N) is 1. The van der Waals surface area contributed by atoms with Crippen molar-refractivity contribution in [2.45, 2.75) is 18.9 Å². The van der Waals surface area contributed by atoms with Crippen LogP contribution in [0.5, 0.6) is 0 Å². The standard InChI is InChI=1S/C15H21ClN2O2/c1-20-9-7-17-11-15(19)18-8-3-6-14(18)12-4-2-5-13(16)10-12/h2,4-5,10,14,17H,3,6-9,11H2,1H3. The van der Waals surface area contributed by atoms with Gasteiger partial charge in [-0.3, -0.25) is 4.79 Å². The van der Waals surface area contributed by atoms with E-state index in [-0.39, 0.29) is 11.9 Å². The van der Waals surface area contributed by atoms with Crippen LogP contribution >= 0.6 is 11.6 Å². The third kappa shape index (κ3) is 3.95. The van der Waals surface area contributed by atoms with Crippen molar-refractivity contribution in [2.75, 3.05) is 33.4 Å². The molecule has 1 aromatic rings. The molecule has 1 N–H and O–H groups in total. The largest absolute Gasteiger partial charge is 0.383 e. The lowest BCUT2D eigenvalue weighted by Crippen LogP contribution is -2.38. The highest BCUT2D eigenvalue weighted by atomic mass is 35.5. The zero-order valence-electron chi connectivity index (χ0n) is 11.8. The van der Waals surface area contributed by atoms with Crippen molar-refractivity contribution < 1.29 is 9.53 Å². The molecule has 1 saturated heterocycles. The topological polar surface area (TPSA) is 41.6 Å². The highest BCUT2D eigenvalue weighted by Gasteiger charge is 2.29. The predicted octanol–water partition coefficient (Wildman–Crippen LogP) is 2.24. The van der Waals surface area contributed by atoms with E-state index in [1.54, 1.807) is 7.11 Å². The minimum absolute atomic E-state index is 0.142. The van der Waals surface area contributed by atoms with Gasteiger partial charge in [0.15, 0.2) is 0 Å². The molecule has 5 heteroatoms. The van der Waals surface area contributed by atoms with Gasteiger partial charge >= 0.3 is 0 Å². The normalized spacial score (nSPS) is 18.5. The van der Waals surface area contributed by atoms with E-state index in [4.69, 9.17) is 16.3 Å². The molecule has 1 aromatic carbocycles. The lowest BCUT2D eigenvalue weighted by molar-refractivity contribution is -0.131. The minimum Gasteiger partial charge on any atom is -0.383 e. The highest BCUT2D eigenvalue weighted by molar-refractivity contribution is 6.30. The summed E-state index contributed by atoms with van der Waals surface area (Å²) in [6.45, 7) is 2.49. The van der Waals surface area contributed by atoms with Crippen LogP contribution < -0.4 is 5.32 Å². The first-order valence-corrected chi connectivity index (χ1v) is 7.34. The van der Waals surface area contributed by atoms with Crippen LogP contribution in [0.1, 0.15) is 24.4 Å². The average Bonchev–Trinajstić information content (AvgIpc) is 2.93. The molecule has 1 amide bonds. The summed E-state index contributed by atoms with van der Waals surface area (Å²) in [4.78, 5) is 14.2. The maximum atomic E-state index is 12.3. The second-order valence-corrected chi connectivity index (χ2v) is 5.41. The first-order chi connectivity index (χ1) is 9.72. The van der Waals surface area contributed by atoms with E-state index in [9.17, 15) is 4.79 Å². The molecule has 1 unspecified atom stereocenters. The van der Waals surface area contributed by atoms with Crippen molar-refractivity contribution in [1.29, 1.82) is 0 Å². The molecule has 0 bridgehead atoms. The van der Waals surface area contributed by atoms with Crippen LogP contribution in [0, 0.1) is 0 Å². The molecule has 1 aliphatic rings. The number of carbonyl (C=O) groups is 1. The van der Waals surface area contributed by atoms with Gasteiger partial charge in [0.1, 0.15) is 0 Å². The number of nitrogens with zero attached hydrogens (tertiary/aromatic N) is 1. The number of amides is 1. The summed E-state index contributed by atoms with van der Waals surface area (Å²) in [7, 11) is 1.65. The van der Waals surface area contributed by atoms with Gasteiger partial charge in [0.2, 0.25) is 5.91 Å². The Morgan fingerprint density at radius 2 is 2.40 bits per heavy atom. The number of carbonyl (C=O) groups excluding carboxylic acids is 1. The third-order valence-electron chi connectivity index (χ3n) is 3.57. The first kappa shape index (κ1) is 15.3. The minimum atomic E-state index is 0.142. The molecule has 0 radical (unpaired) electrons. The van der Waals surface area contributed by atoms with Gasteiger partial charge in [-0.2, -0.15) is 0 Å². The Balaban J connectivity index is 1.95. The van der Waals surface area contributed by atoms with Crippen LogP contribution in [0.4, 0.5) is 0 Å². The van der Waals surface area contributed by atoms with Gasteiger partial charge in [0, 0.05) is 25.2 Å². The van der Waals surface area contributed by atoms with Crippen LogP contribution in [-0.2, 0) is 9.53 Å². The first-order valence-electron chi connectivity index (χ1n) is 6.97. The smallest absolute Gasteiger partial charge is 0.237 e. The summed E-state index contributed by atoms with van der Waals surface area (Å²) in [6.07, 6.45) is 2.05. The summed E-state index contributed by atoms with van der Waals surface area (Å²) in [6, 6.07) is 7.95. The molecule has 1 fully saturated rings. The molecule has 0 saturated carbocycles. The zero-order chi connectivity index (χ0) is 14.4. The number of hydrogen-bond acceptors (Lipinski definition) is 3. The van der Waals surface area contributed by atoms with Crippen LogP contribution in [-0.4, -0.2) is 44.2 Å². The molecule has 0 aromatic heterocycles. The van der Waals surface area contributed by atoms with E-state index >= 15 is 0 Å². The van der Waals surface area contributed by atoms with Gasteiger partial charge in [0.25, 0.3) is 0 Å². The SMILES string of the molecule is COCCNCC(=O)N1CCCC1c1cccc(Cl)c1. The molecule has 1 atom stereocenters. The fraction of sp³-hybridized carbons (Fsp3) is 0.533. The molecule has 1 aliphatic heterocycles. The molecule has 20 heavy (non-hydrogen) atoms. The van der Waals surface area contributed by atoms with Gasteiger partial charge < -0.3 is 15.0 Å². The van der Waals surface area contributed by atoms with Crippen LogP contribution in [0.25, 0.3) is 0 Å². The zero-order valence-corrected chi connectivity index (χ0v) is 12.5. The molecule has 1 heterocycles. The number of halogens is 1. The van der Waals surface area contributed by atoms with Gasteiger partial charge in [-0.1, -0.05) is 23.7 Å². The van der Waals surface area contributed by atoms with E-state index in [0.29, 0.717) is 19.7 Å². The Hall–Kier alpha value is -1.10. The van der Waals surface area contributed by atoms with E-state index < -0.39 is 0 Å². The average molecular weight is 297 g/mol. The Morgan fingerprint density at radius 3 is 3.15 bits per heavy atom. The van der Waals surface area contributed by atoms with E-state index in [1.807, 2.05) is 29.2 Å². The van der Waals surface area contributed by atoms with Gasteiger partial charge in [-0.15, -0.1) is 0 Å². The second-order valence-electron chi connectivity index (χ2n) is 4.97. The number of ether oxygens (including phenoxy) is 1. The van der Waals surface area contributed by atoms with E-state index in [0.717, 1.165) is 30.0 Å². The van der Waals surface area contributed by atoms with Gasteiger partial charge in [-0.05, 0) is 30.5 Å². The Bertz CT molecular complexity index is 453. The Morgan fingerprint density at radius 1 is 1.55 bits per heavy atom. The summed E-state index contributed by atoms with van der Waals surface area (Å²) in [5, 5.41) is 3.83. The number of hydrogen-bond donors (Lipinski definition) is 1. The number of benzene rings is 1. The summed E-state index contributed by atoms with van der Waals surface area (Å²) in [5.41, 5.74) is 1.13. The van der Waals surface area contributed by atoms with Crippen LogP contribution in [0.3, 0.4) is 0 Å². The fourth-order valence-electron chi connectivity index (χ4n) is 2.60. The molecule has 110 valence electrons. The lowest BCUT2D eigenvalue weighted by Gasteiger charge is -2.25. The maximum Gasteiger partial charge on any atom is 0.237 e. The van der Waals surface area contributed by atoms with Crippen molar-refractivity contribution in [3.63, 3.8) is 0 Å². The number of methoxy groups -OCH3 is 1. The van der Waals surface area contributed by atoms with Crippen LogP contribution in [0.2, 0.25) is 5.02 Å². The summed E-state index contributed by atoms with van der Waals surface area (Å²) in [5.74, 6) is 0.142. The van der Waals surface area contributed by atoms with Crippen LogP contribution in [0.15, 0.2) is 24.3 Å². The second kappa shape index (κ2) is 7.62. The lowest BCUT2D eigenvalue weighted by atomic mass is 10.0. The third-order valence-corrected chi connectivity index (χ3v) is 3.80. The van der Waals surface area contributed by atoms with Crippen molar-refractivity contribution >= 4 is 17.5 Å². The Labute approximate surface area is 125 Å². The van der Waals surface area contributed by atoms with Crippen molar-refractivity contribution in [3.05, 3.63) is 34.9 Å². The Kier molecular flexibility index (Phi) is 5.83. The van der Waals surface area contributed by atoms with Gasteiger partial charge in [0.05, 0.1) is 19.2 Å². The maximum absolute atomic E-state index is 12.3. The number of likely N-dealkylation sites (tertiary alicyclic amines) is 1. The summed E-state index contributed by atoms with van der Waals surface area (Å²) >= 11 is 6.04. The number of rotatable bonds is 6. The van der Waals surface area contributed by atoms with Gasteiger partial charge in [-0.25, -0.2) is 0 Å². The molecular formula is C15H21ClN2O2. The quantitative estimate of drug-likeness (QED) is 0.819. The summed E-state index contributed by atoms with van der Waals surface area (Å²) < 4.78 is 4.95. The predicted molar refractivity (Wildman–Crippen MR) is 79.9 cm³/mol. The van der Waals surface area contributed by atoms with Crippen molar-refractivity contribution in [3.8, 4) is 0 Å². The molecule has 0 aliphatic carbocycles. The van der Waals surface area contributed by atoms with Crippen molar-refractivity contribution in [1.82, 2.24) is 10.2 Å². The van der Waals surface area contributed by atoms with E-state index in [1.165, 1.54) is 0 Å². The molecule has 0 spiro atoms. The molecule has 2 rings (SSSR count). The molecule has 4 nitrogen and oxygen atoms in total. The molecular weight excluding hydrogens is 276 g/mol. The highest BCUT2D eigenvalue weighted by Crippen LogP contribution is 2.32. The fourth-order valence-corrected chi connectivity index (χ4v) is 2.80. The monoisotopic (exact) mass is 296 g/mol.